The van der Waals surface area contributed by atoms with Gasteiger partial charge < -0.3 is 20.8 Å². The van der Waals surface area contributed by atoms with E-state index in [9.17, 15) is 4.79 Å². The number of imidazole rings is 1. The van der Waals surface area contributed by atoms with Crippen LogP contribution in [-0.4, -0.2) is 41.8 Å². The third kappa shape index (κ3) is 3.85. The van der Waals surface area contributed by atoms with Crippen LogP contribution in [-0.2, 0) is 11.3 Å². The van der Waals surface area contributed by atoms with E-state index in [0.29, 0.717) is 25.7 Å². The van der Waals surface area contributed by atoms with E-state index in [4.69, 9.17) is 10.5 Å². The minimum Gasteiger partial charge on any atom is -0.383 e. The molecule has 1 atom stereocenters. The Morgan fingerprint density at radius 2 is 2.29 bits per heavy atom. The molecule has 0 aliphatic carbocycles. The lowest BCUT2D eigenvalue weighted by molar-refractivity contribution is 0.179. The quantitative estimate of drug-likeness (QED) is 0.525. The van der Waals surface area contributed by atoms with Gasteiger partial charge in [-0.25, -0.2) is 4.79 Å². The Bertz CT molecular complexity index is 673. The zero-order chi connectivity index (χ0) is 15.2. The third-order valence-electron chi connectivity index (χ3n) is 3.10. The molecule has 114 valence electrons. The van der Waals surface area contributed by atoms with Crippen molar-refractivity contribution in [2.24, 2.45) is 10.7 Å². The molecule has 1 unspecified atom stereocenters. The number of nitrogens with one attached hydrogen (secondary N) is 2. The summed E-state index contributed by atoms with van der Waals surface area (Å²) in [4.78, 5) is 18.9. The van der Waals surface area contributed by atoms with Crippen molar-refractivity contribution in [2.75, 3.05) is 20.3 Å². The largest absolute Gasteiger partial charge is 0.383 e. The van der Waals surface area contributed by atoms with Crippen molar-refractivity contribution in [3.05, 3.63) is 34.7 Å². The molecule has 4 N–H and O–H groups in total. The van der Waals surface area contributed by atoms with Gasteiger partial charge in [0.25, 0.3) is 0 Å². The molecular formula is C14H21N5O2. The first-order valence-corrected chi connectivity index (χ1v) is 6.84. The number of guanidine groups is 1. The van der Waals surface area contributed by atoms with Crippen LogP contribution in [0.2, 0.25) is 0 Å². The average molecular weight is 291 g/mol. The number of aliphatic imine (C=N–C) groups is 1. The fourth-order valence-corrected chi connectivity index (χ4v) is 2.19. The summed E-state index contributed by atoms with van der Waals surface area (Å²) in [6.07, 6.45) is 0. The summed E-state index contributed by atoms with van der Waals surface area (Å²) in [6, 6.07) is 7.66. The fourth-order valence-electron chi connectivity index (χ4n) is 2.19. The summed E-state index contributed by atoms with van der Waals surface area (Å²) in [6.45, 7) is 3.42. The molecule has 0 saturated heterocycles. The smallest absolute Gasteiger partial charge is 0.326 e. The van der Waals surface area contributed by atoms with Gasteiger partial charge in [-0.1, -0.05) is 12.1 Å². The predicted octanol–water partition coefficient (Wildman–Crippen LogP) is 0.269. The number of rotatable bonds is 6. The number of ether oxygens (including phenoxy) is 1. The second-order valence-corrected chi connectivity index (χ2v) is 4.87. The van der Waals surface area contributed by atoms with Crippen LogP contribution in [0.15, 0.2) is 34.1 Å². The van der Waals surface area contributed by atoms with Gasteiger partial charge in [-0.2, -0.15) is 0 Å². The Morgan fingerprint density at radius 1 is 1.52 bits per heavy atom. The molecule has 0 fully saturated rings. The van der Waals surface area contributed by atoms with Gasteiger partial charge in [0.1, 0.15) is 0 Å². The molecule has 1 aromatic carbocycles. The average Bonchev–Trinajstić information content (AvgIpc) is 2.75. The normalized spacial score (nSPS) is 13.5. The highest BCUT2D eigenvalue weighted by Gasteiger charge is 2.05. The summed E-state index contributed by atoms with van der Waals surface area (Å²) >= 11 is 0. The van der Waals surface area contributed by atoms with Crippen LogP contribution in [0.1, 0.15) is 6.92 Å². The molecule has 21 heavy (non-hydrogen) atoms. The standard InChI is InChI=1S/C14H21N5O2/c1-10(9-21-2)17-13(15)16-7-8-19-12-6-4-3-5-11(12)18-14(19)20/h3-6,10H,7-9H2,1-2H3,(H,18,20)(H3,15,16,17). The summed E-state index contributed by atoms with van der Waals surface area (Å²) in [5.41, 5.74) is 7.35. The number of hydrogen-bond acceptors (Lipinski definition) is 3. The summed E-state index contributed by atoms with van der Waals surface area (Å²) in [5, 5.41) is 3.02. The van der Waals surface area contributed by atoms with Crippen LogP contribution in [0.25, 0.3) is 11.0 Å². The number of hydrogen-bond donors (Lipinski definition) is 3. The number of aromatic nitrogens is 2. The van der Waals surface area contributed by atoms with E-state index in [1.54, 1.807) is 11.7 Å². The number of aromatic amines is 1. The molecule has 0 bridgehead atoms. The van der Waals surface area contributed by atoms with Crippen LogP contribution in [0, 0.1) is 0 Å². The van der Waals surface area contributed by atoms with E-state index in [0.717, 1.165) is 11.0 Å². The molecule has 2 aromatic rings. The molecule has 7 heteroatoms. The highest BCUT2D eigenvalue weighted by atomic mass is 16.5. The van der Waals surface area contributed by atoms with Crippen molar-refractivity contribution in [1.29, 1.82) is 0 Å². The molecule has 0 spiro atoms. The molecule has 2 rings (SSSR count). The first kappa shape index (κ1) is 15.1. The molecule has 0 aliphatic rings. The Morgan fingerprint density at radius 3 is 3.05 bits per heavy atom. The van der Waals surface area contributed by atoms with Crippen LogP contribution >= 0.6 is 0 Å². The van der Waals surface area contributed by atoms with Crippen LogP contribution in [0.3, 0.4) is 0 Å². The van der Waals surface area contributed by atoms with Gasteiger partial charge in [0.05, 0.1) is 24.2 Å². The molecule has 1 heterocycles. The van der Waals surface area contributed by atoms with Gasteiger partial charge in [-0.3, -0.25) is 9.56 Å². The number of H-pyrrole nitrogens is 1. The molecule has 7 nitrogen and oxygen atoms in total. The van der Waals surface area contributed by atoms with Crippen molar-refractivity contribution in [1.82, 2.24) is 14.9 Å². The number of benzene rings is 1. The lowest BCUT2D eigenvalue weighted by atomic mass is 10.3. The van der Waals surface area contributed by atoms with E-state index in [2.05, 4.69) is 15.3 Å². The second kappa shape index (κ2) is 6.94. The van der Waals surface area contributed by atoms with Gasteiger partial charge in [0.2, 0.25) is 0 Å². The Kier molecular flexibility index (Phi) is 4.99. The van der Waals surface area contributed by atoms with Crippen molar-refractivity contribution in [3.63, 3.8) is 0 Å². The van der Waals surface area contributed by atoms with Crippen LogP contribution < -0.4 is 16.7 Å². The van der Waals surface area contributed by atoms with E-state index < -0.39 is 0 Å². The lowest BCUT2D eigenvalue weighted by Gasteiger charge is -2.13. The van der Waals surface area contributed by atoms with Gasteiger partial charge in [-0.15, -0.1) is 0 Å². The van der Waals surface area contributed by atoms with E-state index in [1.807, 2.05) is 31.2 Å². The van der Waals surface area contributed by atoms with Gasteiger partial charge in [0.15, 0.2) is 5.96 Å². The van der Waals surface area contributed by atoms with Gasteiger partial charge in [-0.05, 0) is 19.1 Å². The zero-order valence-corrected chi connectivity index (χ0v) is 12.3. The third-order valence-corrected chi connectivity index (χ3v) is 3.10. The summed E-state index contributed by atoms with van der Waals surface area (Å²) in [5.74, 6) is 0.354. The molecule has 0 saturated carbocycles. The van der Waals surface area contributed by atoms with Gasteiger partial charge >= 0.3 is 5.69 Å². The maximum atomic E-state index is 11.9. The minimum atomic E-state index is -0.134. The maximum Gasteiger partial charge on any atom is 0.326 e. The SMILES string of the molecule is COCC(C)NC(N)=NCCn1c(=O)[nH]c2ccccc21. The highest BCUT2D eigenvalue weighted by molar-refractivity contribution is 5.78. The zero-order valence-electron chi connectivity index (χ0n) is 12.3. The number of nitrogens with two attached hydrogens (primary N) is 1. The Hall–Kier alpha value is -2.28. The van der Waals surface area contributed by atoms with E-state index in [-0.39, 0.29) is 11.7 Å². The first-order chi connectivity index (χ1) is 10.1. The van der Waals surface area contributed by atoms with Crippen molar-refractivity contribution >= 4 is 17.0 Å². The fraction of sp³-hybridized carbons (Fsp3) is 0.429. The molecular weight excluding hydrogens is 270 g/mol. The van der Waals surface area contributed by atoms with E-state index >= 15 is 0 Å². The van der Waals surface area contributed by atoms with Crippen LogP contribution in [0.5, 0.6) is 0 Å². The summed E-state index contributed by atoms with van der Waals surface area (Å²) < 4.78 is 6.67. The van der Waals surface area contributed by atoms with Crippen molar-refractivity contribution in [2.45, 2.75) is 19.5 Å². The van der Waals surface area contributed by atoms with E-state index in [1.165, 1.54) is 0 Å². The summed E-state index contributed by atoms with van der Waals surface area (Å²) in [7, 11) is 1.63. The Labute approximate surface area is 122 Å². The number of para-hydroxylation sites is 2. The first-order valence-electron chi connectivity index (χ1n) is 6.84. The molecule has 0 amide bonds. The molecule has 1 aromatic heterocycles. The second-order valence-electron chi connectivity index (χ2n) is 4.87. The highest BCUT2D eigenvalue weighted by Crippen LogP contribution is 2.08. The lowest BCUT2D eigenvalue weighted by Crippen LogP contribution is -2.40. The van der Waals surface area contributed by atoms with Crippen LogP contribution in [0.4, 0.5) is 0 Å². The number of nitrogens with zero attached hydrogens (tertiary/aromatic N) is 2. The Balaban J connectivity index is 1.99. The van der Waals surface area contributed by atoms with Crippen molar-refractivity contribution < 1.29 is 4.74 Å². The number of fused-ring (bicyclic) bond motifs is 1. The minimum absolute atomic E-state index is 0.0922. The topological polar surface area (TPSA) is 97.4 Å². The number of methoxy groups -OCH3 is 1. The van der Waals surface area contributed by atoms with Gasteiger partial charge in [0, 0.05) is 19.7 Å². The molecule has 0 radical (unpaired) electrons. The molecule has 0 aliphatic heterocycles. The predicted molar refractivity (Wildman–Crippen MR) is 83.5 cm³/mol. The van der Waals surface area contributed by atoms with Crippen molar-refractivity contribution in [3.8, 4) is 0 Å². The monoisotopic (exact) mass is 291 g/mol. The maximum absolute atomic E-state index is 11.9.